The molecule has 28 heavy (non-hydrogen) atoms. The van der Waals surface area contributed by atoms with Crippen molar-refractivity contribution in [3.8, 4) is 0 Å². The van der Waals surface area contributed by atoms with Crippen LogP contribution in [0.4, 0.5) is 0 Å². The minimum atomic E-state index is 0.00937. The van der Waals surface area contributed by atoms with Gasteiger partial charge in [-0.1, -0.05) is 0 Å². The minimum absolute atomic E-state index is 0.00937. The number of ether oxygens (including phenoxy) is 1. The Labute approximate surface area is 170 Å². The zero-order chi connectivity index (χ0) is 20.3. The molecule has 0 aliphatic carbocycles. The molecule has 0 amide bonds. The largest absolute Gasteiger partial charge is 0.373 e. The standard InChI is InChI=1S/C21H38N6O/c1-7-22-20(26-9-8-18(14-26)19-10-24-25(6)13-19)23-15-21(4,5)27-11-16(2)28-17(3)12-27/h10,13,16-18H,7-9,11-12,14-15H2,1-6H3,(H,22,23). The van der Waals surface area contributed by atoms with Gasteiger partial charge in [0.1, 0.15) is 0 Å². The first-order chi connectivity index (χ1) is 13.3. The lowest BCUT2D eigenvalue weighted by molar-refractivity contribution is -0.0939. The summed E-state index contributed by atoms with van der Waals surface area (Å²) < 4.78 is 7.80. The van der Waals surface area contributed by atoms with E-state index in [9.17, 15) is 0 Å². The predicted octanol–water partition coefficient (Wildman–Crippen LogP) is 2.06. The SMILES string of the molecule is CCNC(=NCC(C)(C)N1CC(C)OC(C)C1)N1CCC(c2cnn(C)c2)C1. The smallest absolute Gasteiger partial charge is 0.194 e. The second-order valence-electron chi connectivity index (χ2n) is 9.02. The van der Waals surface area contributed by atoms with Crippen LogP contribution in [0.25, 0.3) is 0 Å². The van der Waals surface area contributed by atoms with Gasteiger partial charge in [-0.2, -0.15) is 5.10 Å². The highest BCUT2D eigenvalue weighted by Crippen LogP contribution is 2.27. The fourth-order valence-electron chi connectivity index (χ4n) is 4.34. The molecule has 3 rings (SSSR count). The van der Waals surface area contributed by atoms with E-state index >= 15 is 0 Å². The summed E-state index contributed by atoms with van der Waals surface area (Å²) in [6.07, 6.45) is 5.85. The molecule has 3 unspecified atom stereocenters. The monoisotopic (exact) mass is 390 g/mol. The molecule has 0 spiro atoms. The maximum Gasteiger partial charge on any atom is 0.194 e. The van der Waals surface area contributed by atoms with Crippen molar-refractivity contribution in [1.29, 1.82) is 0 Å². The van der Waals surface area contributed by atoms with Gasteiger partial charge < -0.3 is 15.0 Å². The summed E-state index contributed by atoms with van der Waals surface area (Å²) in [4.78, 5) is 9.99. The summed E-state index contributed by atoms with van der Waals surface area (Å²) in [5.74, 6) is 1.57. The Morgan fingerprint density at radius 1 is 1.29 bits per heavy atom. The van der Waals surface area contributed by atoms with Crippen molar-refractivity contribution in [3.05, 3.63) is 18.0 Å². The Bertz CT molecular complexity index is 660. The molecule has 2 fully saturated rings. The van der Waals surface area contributed by atoms with E-state index in [-0.39, 0.29) is 17.7 Å². The summed E-state index contributed by atoms with van der Waals surface area (Å²) in [6, 6.07) is 0. The number of morpholine rings is 1. The van der Waals surface area contributed by atoms with Gasteiger partial charge in [0.25, 0.3) is 0 Å². The molecule has 3 heterocycles. The normalized spacial score (nSPS) is 27.4. The maximum absolute atomic E-state index is 5.91. The molecule has 2 saturated heterocycles. The predicted molar refractivity (Wildman–Crippen MR) is 114 cm³/mol. The number of rotatable bonds is 5. The zero-order valence-corrected chi connectivity index (χ0v) is 18.5. The molecule has 1 N–H and O–H groups in total. The Morgan fingerprint density at radius 3 is 2.61 bits per heavy atom. The fourth-order valence-corrected chi connectivity index (χ4v) is 4.34. The molecule has 0 aromatic carbocycles. The van der Waals surface area contributed by atoms with Crippen molar-refractivity contribution in [2.45, 2.75) is 64.7 Å². The Hall–Kier alpha value is -1.60. The molecule has 0 bridgehead atoms. The van der Waals surface area contributed by atoms with Crippen LogP contribution in [0.3, 0.4) is 0 Å². The first kappa shape index (κ1) is 21.1. The molecule has 2 aliphatic rings. The molecule has 158 valence electrons. The number of nitrogens with zero attached hydrogens (tertiary/aromatic N) is 5. The van der Waals surface area contributed by atoms with Crippen LogP contribution >= 0.6 is 0 Å². The summed E-state index contributed by atoms with van der Waals surface area (Å²) in [5.41, 5.74) is 1.34. The number of aromatic nitrogens is 2. The topological polar surface area (TPSA) is 57.9 Å². The lowest BCUT2D eigenvalue weighted by Gasteiger charge is -2.44. The summed E-state index contributed by atoms with van der Waals surface area (Å²) in [5, 5.41) is 7.84. The minimum Gasteiger partial charge on any atom is -0.373 e. The molecule has 2 aliphatic heterocycles. The Morgan fingerprint density at radius 2 is 2.00 bits per heavy atom. The van der Waals surface area contributed by atoms with Gasteiger partial charge in [-0.15, -0.1) is 0 Å². The van der Waals surface area contributed by atoms with E-state index in [0.29, 0.717) is 5.92 Å². The van der Waals surface area contributed by atoms with E-state index in [1.54, 1.807) is 0 Å². The van der Waals surface area contributed by atoms with Crippen molar-refractivity contribution in [1.82, 2.24) is 24.9 Å². The van der Waals surface area contributed by atoms with Crippen molar-refractivity contribution in [2.75, 3.05) is 39.3 Å². The molecule has 0 saturated carbocycles. The summed E-state index contributed by atoms with van der Waals surface area (Å²) in [7, 11) is 1.98. The molecule has 1 aromatic rings. The first-order valence-electron chi connectivity index (χ1n) is 10.7. The lowest BCUT2D eigenvalue weighted by atomic mass is 10.0. The van der Waals surface area contributed by atoms with Crippen LogP contribution in [0.15, 0.2) is 17.4 Å². The lowest BCUT2D eigenvalue weighted by Crippen LogP contribution is -2.56. The van der Waals surface area contributed by atoms with Crippen LogP contribution < -0.4 is 5.32 Å². The molecular weight excluding hydrogens is 352 g/mol. The number of aliphatic imine (C=N–C) groups is 1. The van der Waals surface area contributed by atoms with E-state index < -0.39 is 0 Å². The van der Waals surface area contributed by atoms with Gasteiger partial charge in [-0.05, 0) is 46.6 Å². The van der Waals surface area contributed by atoms with Crippen molar-refractivity contribution < 1.29 is 4.74 Å². The van der Waals surface area contributed by atoms with Gasteiger partial charge in [0.05, 0.1) is 24.9 Å². The highest BCUT2D eigenvalue weighted by atomic mass is 16.5. The van der Waals surface area contributed by atoms with E-state index in [4.69, 9.17) is 9.73 Å². The van der Waals surface area contributed by atoms with E-state index in [1.165, 1.54) is 5.56 Å². The van der Waals surface area contributed by atoms with E-state index in [1.807, 2.05) is 17.9 Å². The van der Waals surface area contributed by atoms with Crippen LogP contribution in [0.2, 0.25) is 0 Å². The number of aryl methyl sites for hydroxylation is 1. The number of hydrogen-bond acceptors (Lipinski definition) is 4. The third-order valence-corrected chi connectivity index (χ3v) is 5.91. The Balaban J connectivity index is 1.65. The first-order valence-corrected chi connectivity index (χ1v) is 10.7. The third-order valence-electron chi connectivity index (χ3n) is 5.91. The van der Waals surface area contributed by atoms with Crippen LogP contribution in [-0.2, 0) is 11.8 Å². The highest BCUT2D eigenvalue weighted by Gasteiger charge is 2.34. The summed E-state index contributed by atoms with van der Waals surface area (Å²) in [6.45, 7) is 16.7. The van der Waals surface area contributed by atoms with E-state index in [0.717, 1.165) is 51.6 Å². The van der Waals surface area contributed by atoms with Gasteiger partial charge in [0.15, 0.2) is 5.96 Å². The maximum atomic E-state index is 5.91. The van der Waals surface area contributed by atoms with E-state index in [2.05, 4.69) is 61.0 Å². The number of nitrogens with one attached hydrogen (secondary N) is 1. The fraction of sp³-hybridized carbons (Fsp3) is 0.810. The third kappa shape index (κ3) is 5.06. The number of hydrogen-bond donors (Lipinski definition) is 1. The molecule has 7 nitrogen and oxygen atoms in total. The zero-order valence-electron chi connectivity index (χ0n) is 18.5. The highest BCUT2D eigenvalue weighted by molar-refractivity contribution is 5.80. The van der Waals surface area contributed by atoms with Gasteiger partial charge in [0.2, 0.25) is 0 Å². The van der Waals surface area contributed by atoms with Gasteiger partial charge in [-0.3, -0.25) is 14.6 Å². The average molecular weight is 391 g/mol. The van der Waals surface area contributed by atoms with Crippen molar-refractivity contribution >= 4 is 5.96 Å². The van der Waals surface area contributed by atoms with Crippen molar-refractivity contribution in [3.63, 3.8) is 0 Å². The van der Waals surface area contributed by atoms with Gasteiger partial charge >= 0.3 is 0 Å². The second-order valence-corrected chi connectivity index (χ2v) is 9.02. The van der Waals surface area contributed by atoms with Crippen LogP contribution in [-0.4, -0.2) is 82.6 Å². The number of guanidine groups is 1. The number of likely N-dealkylation sites (tertiary alicyclic amines) is 1. The van der Waals surface area contributed by atoms with Crippen LogP contribution in [0.1, 0.15) is 52.5 Å². The van der Waals surface area contributed by atoms with Crippen molar-refractivity contribution in [2.24, 2.45) is 12.0 Å². The summed E-state index contributed by atoms with van der Waals surface area (Å²) >= 11 is 0. The Kier molecular flexibility index (Phi) is 6.65. The average Bonchev–Trinajstić information content (AvgIpc) is 3.26. The van der Waals surface area contributed by atoms with Gasteiger partial charge in [0, 0.05) is 57.4 Å². The second kappa shape index (κ2) is 8.82. The molecule has 3 atom stereocenters. The molecule has 1 aromatic heterocycles. The van der Waals surface area contributed by atoms with Gasteiger partial charge in [-0.25, -0.2) is 0 Å². The van der Waals surface area contributed by atoms with Crippen LogP contribution in [0.5, 0.6) is 0 Å². The quantitative estimate of drug-likeness (QED) is 0.616. The molecule has 0 radical (unpaired) electrons. The molecule has 7 heteroatoms. The van der Waals surface area contributed by atoms with Crippen LogP contribution in [0, 0.1) is 0 Å². The molecular formula is C21H38N6O.